The van der Waals surface area contributed by atoms with Crippen LogP contribution >= 0.6 is 11.8 Å². The molecule has 0 bridgehead atoms. The maximum absolute atomic E-state index is 13.1. The second kappa shape index (κ2) is 11.4. The second-order valence-electron chi connectivity index (χ2n) is 9.11. The highest BCUT2D eigenvalue weighted by Crippen LogP contribution is 2.26. The number of hydrogen-bond acceptors (Lipinski definition) is 4. The summed E-state index contributed by atoms with van der Waals surface area (Å²) in [7, 11) is 1.62. The minimum atomic E-state index is -0.615. The van der Waals surface area contributed by atoms with Crippen LogP contribution in [-0.4, -0.2) is 37.0 Å². The molecule has 0 spiro atoms. The van der Waals surface area contributed by atoms with Gasteiger partial charge in [0.05, 0.1) is 13.2 Å². The van der Waals surface area contributed by atoms with E-state index in [1.807, 2.05) is 62.6 Å². The molecule has 2 aromatic rings. The van der Waals surface area contributed by atoms with Gasteiger partial charge in [-0.2, -0.15) is 11.8 Å². The fraction of sp³-hybridized carbons (Fsp3) is 0.462. The van der Waals surface area contributed by atoms with Gasteiger partial charge in [-0.15, -0.1) is 0 Å². The number of thioether (sulfide) groups is 1. The van der Waals surface area contributed by atoms with E-state index in [0.29, 0.717) is 12.0 Å². The molecule has 2 rings (SSSR count). The van der Waals surface area contributed by atoms with E-state index in [9.17, 15) is 9.59 Å². The van der Waals surface area contributed by atoms with Crippen molar-refractivity contribution in [3.63, 3.8) is 0 Å². The van der Waals surface area contributed by atoms with Crippen LogP contribution in [0.15, 0.2) is 42.5 Å². The normalized spacial score (nSPS) is 13.2. The van der Waals surface area contributed by atoms with Crippen molar-refractivity contribution in [2.75, 3.05) is 19.1 Å². The third-order valence-electron chi connectivity index (χ3n) is 5.46. The Morgan fingerprint density at radius 3 is 2.28 bits per heavy atom. The van der Waals surface area contributed by atoms with E-state index in [1.54, 1.807) is 18.9 Å². The third-order valence-corrected chi connectivity index (χ3v) is 6.10. The largest absolute Gasteiger partial charge is 0.496 e. The van der Waals surface area contributed by atoms with E-state index in [1.165, 1.54) is 0 Å². The van der Waals surface area contributed by atoms with Gasteiger partial charge in [0.2, 0.25) is 5.91 Å². The zero-order valence-corrected chi connectivity index (χ0v) is 21.1. The molecule has 2 N–H and O–H groups in total. The topological polar surface area (TPSA) is 67.4 Å². The summed E-state index contributed by atoms with van der Waals surface area (Å²) < 4.78 is 5.46. The van der Waals surface area contributed by atoms with Gasteiger partial charge in [-0.3, -0.25) is 9.59 Å². The Hall–Kier alpha value is -2.47. The first kappa shape index (κ1) is 25.8. The molecule has 0 aliphatic rings. The van der Waals surface area contributed by atoms with Crippen molar-refractivity contribution in [1.82, 2.24) is 10.6 Å². The number of nitrogens with one attached hydrogen (secondary N) is 2. The highest BCUT2D eigenvalue weighted by atomic mass is 32.2. The Kier molecular flexibility index (Phi) is 9.20. The predicted octanol–water partition coefficient (Wildman–Crippen LogP) is 5.03. The van der Waals surface area contributed by atoms with E-state index in [4.69, 9.17) is 4.74 Å². The third kappa shape index (κ3) is 7.02. The molecule has 0 radical (unpaired) electrons. The smallest absolute Gasteiger partial charge is 0.251 e. The van der Waals surface area contributed by atoms with Crippen LogP contribution in [0.4, 0.5) is 0 Å². The Morgan fingerprint density at radius 2 is 1.72 bits per heavy atom. The summed E-state index contributed by atoms with van der Waals surface area (Å²) in [5, 5.41) is 5.98. The average Bonchev–Trinajstić information content (AvgIpc) is 2.75. The lowest BCUT2D eigenvalue weighted by Crippen LogP contribution is -2.47. The summed E-state index contributed by atoms with van der Waals surface area (Å²) in [6.45, 7) is 10.3. The van der Waals surface area contributed by atoms with Crippen molar-refractivity contribution in [3.05, 3.63) is 64.7 Å². The number of ether oxygens (including phenoxy) is 1. The molecule has 174 valence electrons. The quantitative estimate of drug-likeness (QED) is 0.555. The Balaban J connectivity index is 2.14. The molecule has 0 heterocycles. The van der Waals surface area contributed by atoms with Gasteiger partial charge in [0, 0.05) is 11.1 Å². The zero-order valence-electron chi connectivity index (χ0n) is 20.2. The number of amides is 2. The second-order valence-corrected chi connectivity index (χ2v) is 10.1. The lowest BCUT2D eigenvalue weighted by atomic mass is 9.86. The van der Waals surface area contributed by atoms with E-state index in [2.05, 4.69) is 31.4 Å². The summed E-state index contributed by atoms with van der Waals surface area (Å²) in [6.07, 6.45) is 2.54. The van der Waals surface area contributed by atoms with Crippen LogP contribution in [0.3, 0.4) is 0 Å². The minimum Gasteiger partial charge on any atom is -0.496 e. The molecular weight excluding hydrogens is 420 g/mol. The Labute approximate surface area is 196 Å². The number of aryl methyl sites for hydroxylation is 1. The van der Waals surface area contributed by atoms with E-state index in [-0.39, 0.29) is 23.3 Å². The van der Waals surface area contributed by atoms with E-state index in [0.717, 1.165) is 28.2 Å². The molecular formula is C26H36N2O3S. The molecule has 0 aromatic heterocycles. The molecule has 5 nitrogen and oxygen atoms in total. The summed E-state index contributed by atoms with van der Waals surface area (Å²) in [5.41, 5.74) is 3.73. The average molecular weight is 457 g/mol. The van der Waals surface area contributed by atoms with Crippen LogP contribution in [0.5, 0.6) is 5.75 Å². The first-order valence-electron chi connectivity index (χ1n) is 10.9. The van der Waals surface area contributed by atoms with Crippen LogP contribution in [0.25, 0.3) is 0 Å². The van der Waals surface area contributed by atoms with Crippen molar-refractivity contribution in [2.24, 2.45) is 0 Å². The fourth-order valence-corrected chi connectivity index (χ4v) is 3.92. The van der Waals surface area contributed by atoms with Crippen LogP contribution in [0.1, 0.15) is 67.2 Å². The molecule has 0 fully saturated rings. The number of methoxy groups -OCH3 is 1. The Morgan fingerprint density at radius 1 is 1.06 bits per heavy atom. The molecule has 0 aliphatic carbocycles. The highest BCUT2D eigenvalue weighted by Gasteiger charge is 2.24. The summed E-state index contributed by atoms with van der Waals surface area (Å²) in [4.78, 5) is 26.0. The van der Waals surface area contributed by atoms with E-state index >= 15 is 0 Å². The SMILES string of the molecule is COc1ccc(C)cc1C(C)NC(=O)C(CCSC)NC(=O)c1ccc(C(C)(C)C)cc1. The van der Waals surface area contributed by atoms with Crippen LogP contribution in [0.2, 0.25) is 0 Å². The van der Waals surface area contributed by atoms with Gasteiger partial charge in [-0.1, -0.05) is 50.6 Å². The standard InChI is InChI=1S/C26H36N2O3S/c1-17-8-13-23(31-6)21(16-17)18(2)27-25(30)22(14-15-32-7)28-24(29)19-9-11-20(12-10-19)26(3,4)5/h8-13,16,18,22H,14-15H2,1-7H3,(H,27,30)(H,28,29). The van der Waals surface area contributed by atoms with Crippen molar-refractivity contribution in [2.45, 2.75) is 58.5 Å². The molecule has 2 amide bonds. The molecule has 0 saturated heterocycles. The molecule has 0 saturated carbocycles. The number of carbonyl (C=O) groups is 2. The zero-order chi connectivity index (χ0) is 23.9. The lowest BCUT2D eigenvalue weighted by molar-refractivity contribution is -0.123. The Bertz CT molecular complexity index is 920. The van der Waals surface area contributed by atoms with Gasteiger partial charge in [0.1, 0.15) is 11.8 Å². The first-order chi connectivity index (χ1) is 15.1. The van der Waals surface area contributed by atoms with Gasteiger partial charge in [0.25, 0.3) is 5.91 Å². The highest BCUT2D eigenvalue weighted by molar-refractivity contribution is 7.98. The van der Waals surface area contributed by atoms with Crippen molar-refractivity contribution < 1.29 is 14.3 Å². The molecule has 6 heteroatoms. The van der Waals surface area contributed by atoms with Gasteiger partial charge >= 0.3 is 0 Å². The summed E-state index contributed by atoms with van der Waals surface area (Å²) in [5.74, 6) is 1.05. The lowest BCUT2D eigenvalue weighted by Gasteiger charge is -2.23. The molecule has 2 aromatic carbocycles. The minimum absolute atomic E-state index is 0.0166. The molecule has 32 heavy (non-hydrogen) atoms. The van der Waals surface area contributed by atoms with Gasteiger partial charge in [-0.25, -0.2) is 0 Å². The van der Waals surface area contributed by atoms with Crippen LogP contribution < -0.4 is 15.4 Å². The number of rotatable bonds is 9. The van der Waals surface area contributed by atoms with E-state index < -0.39 is 6.04 Å². The number of carbonyl (C=O) groups excluding carboxylic acids is 2. The fourth-order valence-electron chi connectivity index (χ4n) is 3.45. The monoisotopic (exact) mass is 456 g/mol. The van der Waals surface area contributed by atoms with Crippen LogP contribution in [-0.2, 0) is 10.2 Å². The van der Waals surface area contributed by atoms with Crippen molar-refractivity contribution >= 4 is 23.6 Å². The summed E-state index contributed by atoms with van der Waals surface area (Å²) >= 11 is 1.65. The number of benzene rings is 2. The maximum atomic E-state index is 13.1. The predicted molar refractivity (Wildman–Crippen MR) is 134 cm³/mol. The molecule has 0 aliphatic heterocycles. The number of hydrogen-bond donors (Lipinski definition) is 2. The molecule has 2 unspecified atom stereocenters. The van der Waals surface area contributed by atoms with Gasteiger partial charge in [-0.05, 0) is 61.5 Å². The van der Waals surface area contributed by atoms with Gasteiger partial charge < -0.3 is 15.4 Å². The summed E-state index contributed by atoms with van der Waals surface area (Å²) in [6, 6.07) is 12.6. The van der Waals surface area contributed by atoms with Crippen molar-refractivity contribution in [3.8, 4) is 5.75 Å². The van der Waals surface area contributed by atoms with Crippen molar-refractivity contribution in [1.29, 1.82) is 0 Å². The van der Waals surface area contributed by atoms with Gasteiger partial charge in [0.15, 0.2) is 0 Å². The maximum Gasteiger partial charge on any atom is 0.251 e. The first-order valence-corrected chi connectivity index (χ1v) is 12.3. The van der Waals surface area contributed by atoms with Crippen LogP contribution in [0, 0.1) is 6.92 Å². The molecule has 2 atom stereocenters.